The first-order chi connectivity index (χ1) is 8.38. The van der Waals surface area contributed by atoms with Crippen LogP contribution in [0.1, 0.15) is 0 Å². The molecule has 9 heteroatoms. The first-order valence-corrected chi connectivity index (χ1v) is 5.02. The number of aromatic nitrogens is 8. The molecule has 1 N–H and O–H groups in total. The van der Waals surface area contributed by atoms with E-state index in [0.717, 1.165) is 5.69 Å². The first-order valence-electron chi connectivity index (χ1n) is 4.58. The van der Waals surface area contributed by atoms with Gasteiger partial charge < -0.3 is 0 Å². The van der Waals surface area contributed by atoms with Crippen molar-refractivity contribution in [1.29, 1.82) is 0 Å². The zero-order chi connectivity index (χ0) is 11.9. The van der Waals surface area contributed by atoms with Gasteiger partial charge in [-0.1, -0.05) is 18.2 Å². The Hall–Kier alpha value is -2.29. The average Bonchev–Trinajstić information content (AvgIpc) is 3.03. The summed E-state index contributed by atoms with van der Waals surface area (Å²) < 4.78 is 1.56. The molecule has 0 bridgehead atoms. The highest BCUT2D eigenvalue weighted by Gasteiger charge is 2.01. The molecule has 2 heterocycles. The number of aromatic amines is 1. The second-order valence-electron chi connectivity index (χ2n) is 2.79. The zero-order valence-corrected chi connectivity index (χ0v) is 9.44. The highest BCUT2D eigenvalue weighted by atomic mass is 32.1. The van der Waals surface area contributed by atoms with Gasteiger partial charge in [0, 0.05) is 0 Å². The Morgan fingerprint density at radius 1 is 1.12 bits per heavy atom. The Morgan fingerprint density at radius 2 is 1.94 bits per heavy atom. The minimum absolute atomic E-state index is 0.487. The number of nitrogens with one attached hydrogen (secondary N) is 1. The van der Waals surface area contributed by atoms with Crippen LogP contribution in [0.15, 0.2) is 41.8 Å². The van der Waals surface area contributed by atoms with E-state index in [-0.39, 0.29) is 0 Å². The number of thiol groups is 1. The van der Waals surface area contributed by atoms with Gasteiger partial charge >= 0.3 is 0 Å². The van der Waals surface area contributed by atoms with Gasteiger partial charge in [-0.15, -0.1) is 22.8 Å². The van der Waals surface area contributed by atoms with Crippen LogP contribution in [0.25, 0.3) is 5.69 Å². The van der Waals surface area contributed by atoms with Crippen LogP contribution in [0.3, 0.4) is 0 Å². The Balaban J connectivity index is 0.000000181. The Morgan fingerprint density at radius 3 is 2.41 bits per heavy atom. The molecule has 0 saturated carbocycles. The van der Waals surface area contributed by atoms with E-state index in [1.54, 1.807) is 4.68 Å². The molecule has 3 aromatic rings. The number of nitrogens with zero attached hydrogens (tertiary/aromatic N) is 7. The summed E-state index contributed by atoms with van der Waals surface area (Å²) in [5.41, 5.74) is 0.910. The number of hydrogen-bond donors (Lipinski definition) is 2. The van der Waals surface area contributed by atoms with E-state index in [1.807, 2.05) is 30.3 Å². The third-order valence-corrected chi connectivity index (χ3v) is 2.00. The minimum atomic E-state index is 0.487. The lowest BCUT2D eigenvalue weighted by Gasteiger charge is -1.98. The lowest BCUT2D eigenvalue weighted by molar-refractivity contribution is 0.758. The largest absolute Gasteiger partial charge is 0.246 e. The number of tetrazole rings is 2. The molecule has 86 valence electrons. The average molecular weight is 248 g/mol. The molecule has 3 rings (SSSR count). The summed E-state index contributed by atoms with van der Waals surface area (Å²) in [7, 11) is 0. The van der Waals surface area contributed by atoms with Crippen LogP contribution in [-0.2, 0) is 0 Å². The molecule has 0 radical (unpaired) electrons. The molecule has 8 nitrogen and oxygen atoms in total. The van der Waals surface area contributed by atoms with Crippen LogP contribution in [-0.4, -0.2) is 40.8 Å². The number of hydrogen-bond acceptors (Lipinski definition) is 7. The topological polar surface area (TPSA) is 98.1 Å². The molecule has 0 amide bonds. The van der Waals surface area contributed by atoms with Gasteiger partial charge in [-0.25, -0.2) is 5.10 Å². The van der Waals surface area contributed by atoms with Crippen molar-refractivity contribution in [2.45, 2.75) is 5.16 Å². The van der Waals surface area contributed by atoms with E-state index in [1.165, 1.54) is 6.33 Å². The summed E-state index contributed by atoms with van der Waals surface area (Å²) in [6.45, 7) is 0. The fourth-order valence-corrected chi connectivity index (χ4v) is 1.24. The maximum absolute atomic E-state index is 4.09. The molecule has 17 heavy (non-hydrogen) atoms. The van der Waals surface area contributed by atoms with Crippen molar-refractivity contribution in [3.05, 3.63) is 36.7 Å². The smallest absolute Gasteiger partial charge is 0.211 e. The maximum atomic E-state index is 4.09. The summed E-state index contributed by atoms with van der Waals surface area (Å²) in [6, 6.07) is 9.60. The summed E-state index contributed by atoms with van der Waals surface area (Å²) >= 11 is 4.09. The van der Waals surface area contributed by atoms with Gasteiger partial charge in [0.2, 0.25) is 5.16 Å². The molecule has 0 unspecified atom stereocenters. The summed E-state index contributed by atoms with van der Waals surface area (Å²) in [4.78, 5) is 0. The molecule has 1 aromatic carbocycles. The quantitative estimate of drug-likeness (QED) is 0.595. The Kier molecular flexibility index (Phi) is 3.76. The number of rotatable bonds is 1. The highest BCUT2D eigenvalue weighted by molar-refractivity contribution is 7.80. The molecular formula is C8H8N8S. The summed E-state index contributed by atoms with van der Waals surface area (Å²) in [6.07, 6.45) is 1.40. The van der Waals surface area contributed by atoms with Crippen LogP contribution >= 0.6 is 12.6 Å². The fraction of sp³-hybridized carbons (Fsp3) is 0. The van der Waals surface area contributed by atoms with Crippen molar-refractivity contribution in [1.82, 2.24) is 40.8 Å². The van der Waals surface area contributed by atoms with Gasteiger partial charge in [0.1, 0.15) is 6.33 Å². The lowest BCUT2D eigenvalue weighted by Crippen LogP contribution is -1.96. The molecule has 0 atom stereocenters. The van der Waals surface area contributed by atoms with E-state index in [0.29, 0.717) is 5.16 Å². The van der Waals surface area contributed by atoms with Gasteiger partial charge in [0.25, 0.3) is 0 Å². The third-order valence-electron chi connectivity index (χ3n) is 1.72. The second kappa shape index (κ2) is 5.70. The third kappa shape index (κ3) is 3.08. The van der Waals surface area contributed by atoms with Crippen molar-refractivity contribution >= 4 is 12.6 Å². The van der Waals surface area contributed by atoms with Gasteiger partial charge in [-0.05, 0) is 33.0 Å². The van der Waals surface area contributed by atoms with E-state index in [4.69, 9.17) is 0 Å². The van der Waals surface area contributed by atoms with Crippen LogP contribution in [0.5, 0.6) is 0 Å². The van der Waals surface area contributed by atoms with Gasteiger partial charge in [-0.2, -0.15) is 4.68 Å². The van der Waals surface area contributed by atoms with Crippen molar-refractivity contribution in [3.8, 4) is 5.69 Å². The SMILES string of the molecule is Sc1nnnn1-c1ccccc1.c1nnn[nH]1. The number of benzene rings is 1. The first kappa shape index (κ1) is 11.2. The summed E-state index contributed by atoms with van der Waals surface area (Å²) in [5.74, 6) is 0. The van der Waals surface area contributed by atoms with Crippen LogP contribution in [0.4, 0.5) is 0 Å². The predicted molar refractivity (Wildman–Crippen MR) is 60.6 cm³/mol. The molecule has 0 aliphatic carbocycles. The molecular weight excluding hydrogens is 240 g/mol. The van der Waals surface area contributed by atoms with Crippen molar-refractivity contribution in [2.24, 2.45) is 0 Å². The van der Waals surface area contributed by atoms with E-state index >= 15 is 0 Å². The van der Waals surface area contributed by atoms with E-state index in [2.05, 4.69) is 48.8 Å². The Bertz CT molecular complexity index is 516. The van der Waals surface area contributed by atoms with Gasteiger partial charge in [-0.3, -0.25) is 0 Å². The van der Waals surface area contributed by atoms with E-state index < -0.39 is 0 Å². The number of para-hydroxylation sites is 1. The predicted octanol–water partition coefficient (Wildman–Crippen LogP) is 0.151. The molecule has 2 aromatic heterocycles. The van der Waals surface area contributed by atoms with Crippen molar-refractivity contribution in [2.75, 3.05) is 0 Å². The zero-order valence-electron chi connectivity index (χ0n) is 8.54. The lowest BCUT2D eigenvalue weighted by atomic mass is 10.3. The van der Waals surface area contributed by atoms with Gasteiger partial charge in [0.15, 0.2) is 0 Å². The van der Waals surface area contributed by atoms with Gasteiger partial charge in [0.05, 0.1) is 5.69 Å². The normalized spacial score (nSPS) is 9.47. The molecule has 0 aliphatic heterocycles. The van der Waals surface area contributed by atoms with E-state index in [9.17, 15) is 0 Å². The number of H-pyrrole nitrogens is 1. The Labute approximate surface area is 101 Å². The second-order valence-corrected chi connectivity index (χ2v) is 3.19. The van der Waals surface area contributed by atoms with Crippen LogP contribution in [0, 0.1) is 0 Å². The highest BCUT2D eigenvalue weighted by Crippen LogP contribution is 2.08. The monoisotopic (exact) mass is 248 g/mol. The fourth-order valence-electron chi connectivity index (χ4n) is 1.05. The van der Waals surface area contributed by atoms with Crippen molar-refractivity contribution in [3.63, 3.8) is 0 Å². The maximum Gasteiger partial charge on any atom is 0.211 e. The van der Waals surface area contributed by atoms with Crippen LogP contribution in [0.2, 0.25) is 0 Å². The van der Waals surface area contributed by atoms with Crippen molar-refractivity contribution < 1.29 is 0 Å². The molecule has 0 aliphatic rings. The van der Waals surface area contributed by atoms with Crippen LogP contribution < -0.4 is 0 Å². The minimum Gasteiger partial charge on any atom is -0.246 e. The molecule has 0 spiro atoms. The molecule has 0 saturated heterocycles. The molecule has 0 fully saturated rings. The summed E-state index contributed by atoms with van der Waals surface area (Å²) in [5, 5.41) is 23.5. The standard InChI is InChI=1S/C7H6N4S.CH2N4/c12-7-8-9-10-11(7)6-4-2-1-3-5-6;1-2-4-5-3-1/h1-5H,(H,8,10,12);1H,(H,2,3,4,5).